The van der Waals surface area contributed by atoms with Gasteiger partial charge in [-0.2, -0.15) is 0 Å². The van der Waals surface area contributed by atoms with E-state index in [0.717, 1.165) is 0 Å². The number of benzene rings is 2. The first kappa shape index (κ1) is 51.0. The van der Waals surface area contributed by atoms with Crippen LogP contribution in [0.4, 0.5) is 11.6 Å². The number of nitrogens with zero attached hydrogens (tertiary/aromatic N) is 10. The molecule has 370 valence electrons. The number of aliphatic hydroxyl groups excluding tert-OH is 1. The average molecular weight is 1010 g/mol. The van der Waals surface area contributed by atoms with Gasteiger partial charge in [-0.1, -0.05) is 95.0 Å². The number of anilines is 2. The molecule has 2 N–H and O–H groups in total. The van der Waals surface area contributed by atoms with Crippen molar-refractivity contribution in [3.8, 4) is 0 Å². The third kappa shape index (κ3) is 10.1. The van der Waals surface area contributed by atoms with Gasteiger partial charge in [-0.25, -0.2) is 29.9 Å². The van der Waals surface area contributed by atoms with Gasteiger partial charge in [0.15, 0.2) is 48.5 Å². The third-order valence-electron chi connectivity index (χ3n) is 13.6. The lowest BCUT2D eigenvalue weighted by Crippen LogP contribution is -2.47. The molecule has 9 atom stereocenters. The van der Waals surface area contributed by atoms with Gasteiger partial charge in [-0.15, -0.1) is 13.2 Å². The smallest absolute Gasteiger partial charge is 0.259 e. The number of aliphatic hydroxyl groups is 1. The van der Waals surface area contributed by atoms with Crippen molar-refractivity contribution >= 4 is 72.3 Å². The molecule has 2 aliphatic rings. The van der Waals surface area contributed by atoms with Crippen LogP contribution in [-0.4, -0.2) is 122 Å². The fraction of sp³-hybridized carbons (Fsp3) is 0.429. The van der Waals surface area contributed by atoms with E-state index in [1.165, 1.54) is 17.6 Å². The Kier molecular flexibility index (Phi) is 15.1. The average Bonchev–Trinajstić information content (AvgIpc) is 4.12. The molecule has 0 aliphatic carbocycles. The number of fused-ring (bicyclic) bond motifs is 2. The number of aromatic nitrogens is 8. The highest BCUT2D eigenvalue weighted by Gasteiger charge is 2.50. The number of imidazole rings is 2. The van der Waals surface area contributed by atoms with E-state index in [4.69, 9.17) is 35.2 Å². The third-order valence-corrected chi connectivity index (χ3v) is 20.1. The number of carbonyl (C=O) groups is 2. The Labute approximate surface area is 414 Å². The summed E-state index contributed by atoms with van der Waals surface area (Å²) in [7, 11) is -2.39. The Morgan fingerprint density at radius 3 is 1.76 bits per heavy atom. The molecule has 2 unspecified atom stereocenters. The molecule has 8 rings (SSSR count). The second-order valence-electron chi connectivity index (χ2n) is 19.4. The van der Waals surface area contributed by atoms with Crippen molar-refractivity contribution < 1.29 is 33.1 Å². The summed E-state index contributed by atoms with van der Waals surface area (Å²) in [6.07, 6.45) is 3.77. The molecule has 21 heteroatoms. The van der Waals surface area contributed by atoms with E-state index in [9.17, 15) is 14.7 Å². The number of rotatable bonds is 18. The summed E-state index contributed by atoms with van der Waals surface area (Å²) < 4.78 is 31.0. The number of amides is 2. The zero-order valence-electron chi connectivity index (χ0n) is 40.8. The van der Waals surface area contributed by atoms with Crippen molar-refractivity contribution in [2.45, 2.75) is 89.6 Å². The number of nitrogens with one attached hydrogen (secondary N) is 1. The van der Waals surface area contributed by atoms with E-state index in [1.807, 2.05) is 42.4 Å². The summed E-state index contributed by atoms with van der Waals surface area (Å²) >= 11 is 6.22. The summed E-state index contributed by atoms with van der Waals surface area (Å²) in [6.45, 7) is 25.0. The van der Waals surface area contributed by atoms with E-state index in [0.29, 0.717) is 45.1 Å². The molecule has 18 nitrogen and oxygen atoms in total. The molecular formula is C49H62N11O7PSSi. The summed E-state index contributed by atoms with van der Waals surface area (Å²) in [4.78, 5) is 58.4. The van der Waals surface area contributed by atoms with Gasteiger partial charge in [0, 0.05) is 48.8 Å². The molecule has 6 heterocycles. The zero-order valence-corrected chi connectivity index (χ0v) is 43.5. The van der Waals surface area contributed by atoms with Crippen LogP contribution < -0.4 is 14.9 Å². The predicted octanol–water partition coefficient (Wildman–Crippen LogP) is 7.70. The Bertz CT molecular complexity index is 2900. The maximum atomic E-state index is 13.8. The van der Waals surface area contributed by atoms with Crippen molar-refractivity contribution in [1.82, 2.24) is 44.1 Å². The molecule has 0 bridgehead atoms. The van der Waals surface area contributed by atoms with Gasteiger partial charge in [0.05, 0.1) is 44.2 Å². The maximum absolute atomic E-state index is 13.8. The lowest BCUT2D eigenvalue weighted by atomic mass is 10.00. The Morgan fingerprint density at radius 2 is 1.29 bits per heavy atom. The Balaban J connectivity index is 1.02. The fourth-order valence-corrected chi connectivity index (χ4v) is 12.1. The molecule has 2 amide bonds. The lowest BCUT2D eigenvalue weighted by molar-refractivity contribution is -0.0428. The quantitative estimate of drug-likeness (QED) is 0.0482. The molecule has 2 fully saturated rings. The molecule has 70 heavy (non-hydrogen) atoms. The molecular weight excluding hydrogens is 946 g/mol. The van der Waals surface area contributed by atoms with Gasteiger partial charge in [0.25, 0.3) is 11.8 Å². The first-order valence-electron chi connectivity index (χ1n) is 23.3. The second kappa shape index (κ2) is 20.7. The molecule has 2 aromatic carbocycles. The fourth-order valence-electron chi connectivity index (χ4n) is 8.76. The van der Waals surface area contributed by atoms with E-state index in [1.54, 1.807) is 70.7 Å². The Morgan fingerprint density at radius 1 is 0.800 bits per heavy atom. The summed E-state index contributed by atoms with van der Waals surface area (Å²) in [5, 5.41) is 14.2. The minimum Gasteiger partial charge on any atom is -0.409 e. The zero-order chi connectivity index (χ0) is 50.1. The van der Waals surface area contributed by atoms with Gasteiger partial charge in [-0.3, -0.25) is 33.6 Å². The van der Waals surface area contributed by atoms with Gasteiger partial charge in [0.2, 0.25) is 0 Å². The largest absolute Gasteiger partial charge is 0.409 e. The first-order chi connectivity index (χ1) is 33.4. The van der Waals surface area contributed by atoms with Crippen LogP contribution in [0, 0.1) is 11.8 Å². The molecule has 0 spiro atoms. The molecule has 4 aromatic heterocycles. The highest BCUT2D eigenvalue weighted by Crippen LogP contribution is 2.48. The van der Waals surface area contributed by atoms with Crippen molar-refractivity contribution in [2.24, 2.45) is 11.8 Å². The topological polar surface area (TPSA) is 197 Å². The molecule has 0 saturated carbocycles. The van der Waals surface area contributed by atoms with Crippen LogP contribution >= 0.6 is 6.42 Å². The molecule has 0 radical (unpaired) electrons. The van der Waals surface area contributed by atoms with Crippen molar-refractivity contribution in [2.75, 3.05) is 42.8 Å². The Hall–Kier alpha value is -5.41. The number of ether oxygens (including phenoxy) is 2. The number of carbonyl (C=O) groups excluding carboxylic acids is 2. The molecule has 2 aliphatic heterocycles. The summed E-state index contributed by atoms with van der Waals surface area (Å²) in [5.74, 6) is -0.242. The van der Waals surface area contributed by atoms with Crippen LogP contribution in [0.15, 0.2) is 111 Å². The number of hydrogen-bond donors (Lipinski definition) is 2. The summed E-state index contributed by atoms with van der Waals surface area (Å²) in [5.41, 5.74) is 2.78. The van der Waals surface area contributed by atoms with Crippen LogP contribution in [0.25, 0.3) is 22.3 Å². The van der Waals surface area contributed by atoms with Crippen LogP contribution in [0.2, 0.25) is 18.1 Å². The van der Waals surface area contributed by atoms with Gasteiger partial charge in [0.1, 0.15) is 25.3 Å². The molecule has 2 saturated heterocycles. The van der Waals surface area contributed by atoms with Crippen LogP contribution in [0.5, 0.6) is 0 Å². The van der Waals surface area contributed by atoms with Crippen LogP contribution in [-0.2, 0) is 30.2 Å². The minimum atomic E-state index is -2.80. The van der Waals surface area contributed by atoms with Crippen molar-refractivity contribution in [3.63, 3.8) is 0 Å². The van der Waals surface area contributed by atoms with Gasteiger partial charge in [-0.05, 0) is 42.4 Å². The first-order valence-corrected chi connectivity index (χ1v) is 29.4. The van der Waals surface area contributed by atoms with Crippen molar-refractivity contribution in [1.29, 1.82) is 0 Å². The van der Waals surface area contributed by atoms with Gasteiger partial charge >= 0.3 is 0 Å². The maximum Gasteiger partial charge on any atom is 0.259 e. The highest BCUT2D eigenvalue weighted by molar-refractivity contribution is 8.11. The van der Waals surface area contributed by atoms with Gasteiger partial charge < -0.3 is 23.5 Å². The normalized spacial score (nSPS) is 23.6. The summed E-state index contributed by atoms with van der Waals surface area (Å²) in [6, 6.07) is 17.5. The van der Waals surface area contributed by atoms with E-state index in [2.05, 4.69) is 84.0 Å². The standard InChI is InChI=1S/C49H62N11O7PSSi/c1-11-23-57(45(62)33-19-15-13-16-20-33)41-38-43(52-27-50-41)59(29-54-38)47-32(4)37(35(25-61)65-47)56-68(8,69)64-26-36-31(3)40(67-70(9,10)49(5,6)7)48(66-36)60-30-55-39-42(51-28-53-44(39)60)58(24-12-2)46(63)34-21-17-14-18-22-34/h11-22,27-32,35-37,40,47-48,61H,1-2,23-26H2,3-10H3,(H,56,69)/t31-,32?,35-,36-,37+,40-,47-,48-,68?/m1/s1. The minimum absolute atomic E-state index is 0.109. The van der Waals surface area contributed by atoms with E-state index in [-0.39, 0.29) is 55.0 Å². The van der Waals surface area contributed by atoms with Crippen molar-refractivity contribution in [3.05, 3.63) is 122 Å². The monoisotopic (exact) mass is 1010 g/mol. The SMILES string of the molecule is C=CCN(C(=O)c1ccccc1)c1ncnc2c1ncn2[C@@H]1O[C@H](CO)[C@@H](NP(C)(=S)OC[C@H]2O[C@@H](n3cnc4c(N(CC=C)C(=O)c5ccccc5)ncnc43)[C@H](O[Si](C)(C)C(C)(C)C)[C@@H]2C)C1C. The number of hydrogen-bond acceptors (Lipinski definition) is 14. The van der Waals surface area contributed by atoms with E-state index >= 15 is 0 Å². The highest BCUT2D eigenvalue weighted by atomic mass is 32.4. The van der Waals surface area contributed by atoms with Crippen LogP contribution in [0.1, 0.15) is 67.8 Å². The van der Waals surface area contributed by atoms with Crippen LogP contribution in [0.3, 0.4) is 0 Å². The van der Waals surface area contributed by atoms with E-state index < -0.39 is 51.5 Å². The lowest BCUT2D eigenvalue weighted by Gasteiger charge is -2.40. The molecule has 6 aromatic rings. The second-order valence-corrected chi connectivity index (χ2v) is 28.4. The predicted molar refractivity (Wildman–Crippen MR) is 276 cm³/mol.